The lowest BCUT2D eigenvalue weighted by atomic mass is 10.1. The first-order valence-corrected chi connectivity index (χ1v) is 12.4. The van der Waals surface area contributed by atoms with Crippen LogP contribution in [0.25, 0.3) is 21.9 Å². The number of hydrogen-bond donors (Lipinski definition) is 1. The maximum atomic E-state index is 12.8. The van der Waals surface area contributed by atoms with Crippen LogP contribution < -0.4 is 10.1 Å². The van der Waals surface area contributed by atoms with Crippen LogP contribution in [0.5, 0.6) is 5.75 Å². The molecular formula is C24H20N2O9S. The van der Waals surface area contributed by atoms with E-state index in [0.717, 1.165) is 35.2 Å². The molecule has 1 heterocycles. The van der Waals surface area contributed by atoms with Crippen LogP contribution in [0.3, 0.4) is 0 Å². The van der Waals surface area contributed by atoms with Gasteiger partial charge in [-0.3, -0.25) is 14.9 Å². The summed E-state index contributed by atoms with van der Waals surface area (Å²) in [7, 11) is -2.46. The molecule has 1 atom stereocenters. The topological polar surface area (TPSA) is 155 Å². The van der Waals surface area contributed by atoms with Gasteiger partial charge in [0.15, 0.2) is 15.9 Å². The third kappa shape index (κ3) is 4.70. The van der Waals surface area contributed by atoms with E-state index < -0.39 is 43.3 Å². The molecule has 0 spiro atoms. The van der Waals surface area contributed by atoms with Gasteiger partial charge in [0.1, 0.15) is 21.8 Å². The fourth-order valence-corrected chi connectivity index (χ4v) is 4.46. The Balaban J connectivity index is 1.55. The van der Waals surface area contributed by atoms with Gasteiger partial charge in [0.25, 0.3) is 11.6 Å². The number of nitrogens with zero attached hydrogens (tertiary/aromatic N) is 1. The summed E-state index contributed by atoms with van der Waals surface area (Å²) < 4.78 is 39.9. The number of sulfone groups is 1. The highest BCUT2D eigenvalue weighted by molar-refractivity contribution is 7.90. The third-order valence-electron chi connectivity index (χ3n) is 5.40. The summed E-state index contributed by atoms with van der Waals surface area (Å²) in [5.74, 6) is -1.38. The number of nitrogens with one attached hydrogen (secondary N) is 1. The van der Waals surface area contributed by atoms with E-state index in [1.165, 1.54) is 14.0 Å². The van der Waals surface area contributed by atoms with Gasteiger partial charge < -0.3 is 19.2 Å². The van der Waals surface area contributed by atoms with E-state index in [2.05, 4.69) is 5.32 Å². The van der Waals surface area contributed by atoms with Crippen LogP contribution in [0, 0.1) is 10.1 Å². The molecule has 0 radical (unpaired) electrons. The minimum Gasteiger partial charge on any atom is -0.495 e. The number of anilines is 1. The maximum absolute atomic E-state index is 12.8. The number of carbonyl (C=O) groups excluding carboxylic acids is 2. The molecule has 0 bridgehead atoms. The molecule has 0 unspecified atom stereocenters. The molecule has 4 aromatic rings. The van der Waals surface area contributed by atoms with Gasteiger partial charge in [-0.2, -0.15) is 0 Å². The number of nitro groups is 1. The number of furan rings is 1. The Bertz CT molecular complexity index is 1640. The fraction of sp³-hybridized carbons (Fsp3) is 0.167. The van der Waals surface area contributed by atoms with E-state index in [0.29, 0.717) is 16.9 Å². The monoisotopic (exact) mass is 512 g/mol. The Hall–Kier alpha value is -4.45. The highest BCUT2D eigenvalue weighted by atomic mass is 32.2. The summed E-state index contributed by atoms with van der Waals surface area (Å²) in [6.45, 7) is 1.32. The first-order valence-electron chi connectivity index (χ1n) is 10.5. The SMILES string of the molecule is COc1cc2c(cc1NC(=O)[C@H](C)OC(=O)c1ccc(S(C)(=O)=O)c([N+](=O)[O-])c1)oc1ccccc12. The molecule has 36 heavy (non-hydrogen) atoms. The van der Waals surface area contributed by atoms with Crippen molar-refractivity contribution in [2.24, 2.45) is 0 Å². The van der Waals surface area contributed by atoms with Crippen molar-refractivity contribution in [2.45, 2.75) is 17.9 Å². The van der Waals surface area contributed by atoms with Gasteiger partial charge in [-0.15, -0.1) is 0 Å². The van der Waals surface area contributed by atoms with Crippen LogP contribution in [-0.2, 0) is 19.4 Å². The molecule has 186 valence electrons. The van der Waals surface area contributed by atoms with Gasteiger partial charge in [-0.1, -0.05) is 18.2 Å². The summed E-state index contributed by atoms with van der Waals surface area (Å²) in [5, 5.41) is 15.6. The Morgan fingerprint density at radius 2 is 1.78 bits per heavy atom. The van der Waals surface area contributed by atoms with Crippen molar-refractivity contribution in [2.75, 3.05) is 18.7 Å². The zero-order valence-electron chi connectivity index (χ0n) is 19.3. The van der Waals surface area contributed by atoms with Crippen molar-refractivity contribution in [3.8, 4) is 5.75 Å². The predicted molar refractivity (Wildman–Crippen MR) is 130 cm³/mol. The lowest BCUT2D eigenvalue weighted by Crippen LogP contribution is -2.30. The predicted octanol–water partition coefficient (Wildman–Crippen LogP) is 4.09. The number of amides is 1. The van der Waals surface area contributed by atoms with Gasteiger partial charge in [0, 0.05) is 29.2 Å². The molecule has 3 aromatic carbocycles. The molecule has 0 aliphatic rings. The summed E-state index contributed by atoms with van der Waals surface area (Å²) in [5.41, 5.74) is 0.402. The Morgan fingerprint density at radius 1 is 1.06 bits per heavy atom. The number of methoxy groups -OCH3 is 1. The molecule has 1 N–H and O–H groups in total. The number of carbonyl (C=O) groups is 2. The molecule has 12 heteroatoms. The van der Waals surface area contributed by atoms with Crippen molar-refractivity contribution >= 4 is 55.0 Å². The van der Waals surface area contributed by atoms with E-state index in [1.807, 2.05) is 24.3 Å². The molecular weight excluding hydrogens is 492 g/mol. The smallest absolute Gasteiger partial charge is 0.339 e. The molecule has 0 fully saturated rings. The van der Waals surface area contributed by atoms with Crippen molar-refractivity contribution in [3.05, 3.63) is 70.3 Å². The lowest BCUT2D eigenvalue weighted by Gasteiger charge is -2.15. The first-order chi connectivity index (χ1) is 17.0. The minimum absolute atomic E-state index is 0.282. The van der Waals surface area contributed by atoms with Gasteiger partial charge in [0.05, 0.1) is 23.3 Å². The van der Waals surface area contributed by atoms with Gasteiger partial charge in [-0.25, -0.2) is 13.2 Å². The third-order valence-corrected chi connectivity index (χ3v) is 6.54. The number of fused-ring (bicyclic) bond motifs is 3. The summed E-state index contributed by atoms with van der Waals surface area (Å²) in [6, 6.07) is 13.5. The highest BCUT2D eigenvalue weighted by Gasteiger charge is 2.26. The zero-order valence-corrected chi connectivity index (χ0v) is 20.1. The average molecular weight is 512 g/mol. The van der Waals surface area contributed by atoms with Crippen molar-refractivity contribution in [3.63, 3.8) is 0 Å². The lowest BCUT2D eigenvalue weighted by molar-refractivity contribution is -0.387. The summed E-state index contributed by atoms with van der Waals surface area (Å²) in [4.78, 5) is 35.1. The quantitative estimate of drug-likeness (QED) is 0.219. The largest absolute Gasteiger partial charge is 0.495 e. The molecule has 4 rings (SSSR count). The molecule has 1 aromatic heterocycles. The normalized spacial score (nSPS) is 12.3. The van der Waals surface area contributed by atoms with Crippen LogP contribution >= 0.6 is 0 Å². The maximum Gasteiger partial charge on any atom is 0.339 e. The van der Waals surface area contributed by atoms with Gasteiger partial charge >= 0.3 is 5.97 Å². The minimum atomic E-state index is -3.90. The standard InChI is InChI=1S/C24H20N2O9S/c1-13(34-24(28)14-8-9-22(36(3,31)32)18(10-14)26(29)30)23(27)25-17-12-20-16(11-21(17)33-2)15-6-4-5-7-19(15)35-20/h4-13H,1-3H3,(H,25,27)/t13-/m0/s1. The van der Waals surface area contributed by atoms with Crippen molar-refractivity contribution in [1.82, 2.24) is 0 Å². The van der Waals surface area contributed by atoms with Gasteiger partial charge in [-0.05, 0) is 31.2 Å². The number of rotatable bonds is 7. The first kappa shape index (κ1) is 24.7. The van der Waals surface area contributed by atoms with E-state index in [9.17, 15) is 28.1 Å². The van der Waals surface area contributed by atoms with E-state index in [4.69, 9.17) is 13.9 Å². The molecule has 1 amide bonds. The van der Waals surface area contributed by atoms with Gasteiger partial charge in [0.2, 0.25) is 0 Å². The van der Waals surface area contributed by atoms with Crippen LogP contribution in [-0.4, -0.2) is 44.7 Å². The number of para-hydroxylation sites is 1. The highest BCUT2D eigenvalue weighted by Crippen LogP contribution is 2.36. The van der Waals surface area contributed by atoms with E-state index in [-0.39, 0.29) is 11.3 Å². The summed E-state index contributed by atoms with van der Waals surface area (Å²) >= 11 is 0. The molecule has 0 saturated carbocycles. The second kappa shape index (κ2) is 9.30. The van der Waals surface area contributed by atoms with Crippen molar-refractivity contribution < 1.29 is 36.8 Å². The number of ether oxygens (including phenoxy) is 2. The van der Waals surface area contributed by atoms with Crippen molar-refractivity contribution in [1.29, 1.82) is 0 Å². The van der Waals surface area contributed by atoms with Crippen LogP contribution in [0.1, 0.15) is 17.3 Å². The molecule has 0 aliphatic carbocycles. The number of esters is 1. The van der Waals surface area contributed by atoms with Crippen LogP contribution in [0.2, 0.25) is 0 Å². The zero-order chi connectivity index (χ0) is 26.2. The number of benzene rings is 3. The van der Waals surface area contributed by atoms with Crippen LogP contribution in [0.4, 0.5) is 11.4 Å². The Kier molecular flexibility index (Phi) is 6.37. The number of hydrogen-bond acceptors (Lipinski definition) is 9. The molecule has 0 aliphatic heterocycles. The average Bonchev–Trinajstić information content (AvgIpc) is 3.19. The van der Waals surface area contributed by atoms with E-state index in [1.54, 1.807) is 12.1 Å². The second-order valence-electron chi connectivity index (χ2n) is 7.90. The summed E-state index contributed by atoms with van der Waals surface area (Å²) in [6.07, 6.45) is -0.487. The molecule has 0 saturated heterocycles. The van der Waals surface area contributed by atoms with E-state index >= 15 is 0 Å². The number of nitro benzene ring substituents is 1. The Labute approximate surface area is 204 Å². The Morgan fingerprint density at radius 3 is 2.44 bits per heavy atom. The van der Waals surface area contributed by atoms with Crippen LogP contribution in [0.15, 0.2) is 63.9 Å². The molecule has 11 nitrogen and oxygen atoms in total. The fourth-order valence-electron chi connectivity index (χ4n) is 3.64. The second-order valence-corrected chi connectivity index (χ2v) is 9.88.